The first kappa shape index (κ1) is 20.7. The molecule has 146 valence electrons. The van der Waals surface area contributed by atoms with E-state index in [-0.39, 0.29) is 28.8 Å². The summed E-state index contributed by atoms with van der Waals surface area (Å²) in [5.74, 6) is -0.438. The van der Waals surface area contributed by atoms with Gasteiger partial charge in [0.25, 0.3) is 11.5 Å². The van der Waals surface area contributed by atoms with Crippen LogP contribution in [0.3, 0.4) is 0 Å². The van der Waals surface area contributed by atoms with Gasteiger partial charge in [0.2, 0.25) is 0 Å². The molecule has 3 N–H and O–H groups in total. The normalized spacial score (nSPS) is 10.8. The second kappa shape index (κ2) is 9.36. The Kier molecular flexibility index (Phi) is 7.18. The maximum absolute atomic E-state index is 13.1. The summed E-state index contributed by atoms with van der Waals surface area (Å²) in [6, 6.07) is 2.95. The van der Waals surface area contributed by atoms with Crippen LogP contribution in [0.15, 0.2) is 27.9 Å². The SMILES string of the molecule is CCCCN(C(=O)c1ccnc(Cl)c1)c1c(N)n(CCCC)c(=O)[nH]c1=O. The predicted molar refractivity (Wildman–Crippen MR) is 106 cm³/mol. The Morgan fingerprint density at radius 3 is 2.63 bits per heavy atom. The number of H-pyrrole nitrogens is 1. The molecule has 8 nitrogen and oxygen atoms in total. The zero-order chi connectivity index (χ0) is 20.0. The van der Waals surface area contributed by atoms with Gasteiger partial charge in [-0.3, -0.25) is 19.1 Å². The minimum atomic E-state index is -0.685. The van der Waals surface area contributed by atoms with E-state index in [1.54, 1.807) is 0 Å². The molecule has 0 saturated carbocycles. The van der Waals surface area contributed by atoms with Crippen molar-refractivity contribution < 1.29 is 4.79 Å². The predicted octanol–water partition coefficient (Wildman–Crippen LogP) is 2.41. The summed E-state index contributed by atoms with van der Waals surface area (Å²) in [6.45, 7) is 4.61. The van der Waals surface area contributed by atoms with Crippen LogP contribution in [0.25, 0.3) is 0 Å². The van der Waals surface area contributed by atoms with Crippen LogP contribution >= 0.6 is 11.6 Å². The zero-order valence-corrected chi connectivity index (χ0v) is 16.3. The van der Waals surface area contributed by atoms with Crippen LogP contribution in [-0.2, 0) is 6.54 Å². The van der Waals surface area contributed by atoms with Crippen molar-refractivity contribution in [2.75, 3.05) is 17.2 Å². The van der Waals surface area contributed by atoms with Crippen LogP contribution in [-0.4, -0.2) is 27.0 Å². The maximum atomic E-state index is 13.1. The van der Waals surface area contributed by atoms with E-state index >= 15 is 0 Å². The van der Waals surface area contributed by atoms with Gasteiger partial charge in [-0.1, -0.05) is 38.3 Å². The van der Waals surface area contributed by atoms with E-state index in [0.717, 1.165) is 19.3 Å². The Bertz CT molecular complexity index is 922. The van der Waals surface area contributed by atoms with Crippen molar-refractivity contribution in [1.82, 2.24) is 14.5 Å². The molecule has 0 aliphatic rings. The van der Waals surface area contributed by atoms with Crippen LogP contribution in [0.5, 0.6) is 0 Å². The summed E-state index contributed by atoms with van der Waals surface area (Å²) < 4.78 is 1.30. The van der Waals surface area contributed by atoms with Crippen molar-refractivity contribution in [1.29, 1.82) is 0 Å². The van der Waals surface area contributed by atoms with Crippen molar-refractivity contribution in [2.24, 2.45) is 0 Å². The highest BCUT2D eigenvalue weighted by molar-refractivity contribution is 6.29. The number of hydrogen-bond acceptors (Lipinski definition) is 5. The highest BCUT2D eigenvalue weighted by Crippen LogP contribution is 2.21. The molecule has 0 radical (unpaired) electrons. The molecule has 0 fully saturated rings. The quantitative estimate of drug-likeness (QED) is 0.668. The molecule has 0 bridgehead atoms. The number of halogens is 1. The minimum absolute atomic E-state index is 0.0122. The summed E-state index contributed by atoms with van der Waals surface area (Å²) in [4.78, 5) is 45.2. The number of aromatic amines is 1. The summed E-state index contributed by atoms with van der Waals surface area (Å²) in [6.07, 6.45) is 4.47. The van der Waals surface area contributed by atoms with Crippen molar-refractivity contribution in [3.8, 4) is 0 Å². The molecule has 0 unspecified atom stereocenters. The van der Waals surface area contributed by atoms with Crippen molar-refractivity contribution >= 4 is 29.0 Å². The lowest BCUT2D eigenvalue weighted by molar-refractivity contribution is 0.0986. The topological polar surface area (TPSA) is 114 Å². The summed E-state index contributed by atoms with van der Waals surface area (Å²) in [5, 5.41) is 0.172. The minimum Gasteiger partial charge on any atom is -0.383 e. The number of nitrogens with one attached hydrogen (secondary N) is 1. The number of amides is 1. The van der Waals surface area contributed by atoms with E-state index in [4.69, 9.17) is 17.3 Å². The second-order valence-corrected chi connectivity index (χ2v) is 6.56. The molecule has 1 amide bonds. The molecule has 0 saturated heterocycles. The van der Waals surface area contributed by atoms with Gasteiger partial charge in [-0.05, 0) is 25.0 Å². The Balaban J connectivity index is 2.58. The summed E-state index contributed by atoms with van der Waals surface area (Å²) in [5.41, 5.74) is 5.16. The zero-order valence-electron chi connectivity index (χ0n) is 15.5. The lowest BCUT2D eigenvalue weighted by Crippen LogP contribution is -2.41. The molecule has 2 aromatic rings. The Morgan fingerprint density at radius 2 is 2.00 bits per heavy atom. The molecule has 0 spiro atoms. The van der Waals surface area contributed by atoms with E-state index < -0.39 is 17.2 Å². The number of nitrogens with two attached hydrogens (primary N) is 1. The third-order valence-corrected chi connectivity index (χ3v) is 4.38. The smallest absolute Gasteiger partial charge is 0.330 e. The molecular formula is C18H24ClN5O3. The van der Waals surface area contributed by atoms with Crippen molar-refractivity contribution in [3.63, 3.8) is 0 Å². The number of hydrogen-bond donors (Lipinski definition) is 2. The first-order valence-corrected chi connectivity index (χ1v) is 9.34. The van der Waals surface area contributed by atoms with Crippen molar-refractivity contribution in [2.45, 2.75) is 46.1 Å². The largest absolute Gasteiger partial charge is 0.383 e. The Labute approximate surface area is 162 Å². The number of unbranched alkanes of at least 4 members (excludes halogenated alkanes) is 2. The fourth-order valence-corrected chi connectivity index (χ4v) is 2.87. The first-order valence-electron chi connectivity index (χ1n) is 8.96. The number of anilines is 2. The lowest BCUT2D eigenvalue weighted by atomic mass is 10.2. The third-order valence-electron chi connectivity index (χ3n) is 4.17. The molecular weight excluding hydrogens is 370 g/mol. The van der Waals surface area contributed by atoms with E-state index in [2.05, 4.69) is 9.97 Å². The Hall–Kier alpha value is -2.61. The van der Waals surface area contributed by atoms with Gasteiger partial charge < -0.3 is 10.6 Å². The van der Waals surface area contributed by atoms with Crippen LogP contribution in [0.2, 0.25) is 5.15 Å². The van der Waals surface area contributed by atoms with Crippen molar-refractivity contribution in [3.05, 3.63) is 49.9 Å². The van der Waals surface area contributed by atoms with Crippen LogP contribution in [0, 0.1) is 0 Å². The molecule has 2 rings (SSSR count). The number of rotatable bonds is 8. The highest BCUT2D eigenvalue weighted by Gasteiger charge is 2.25. The van der Waals surface area contributed by atoms with Gasteiger partial charge in [-0.15, -0.1) is 0 Å². The van der Waals surface area contributed by atoms with Gasteiger partial charge >= 0.3 is 5.69 Å². The van der Waals surface area contributed by atoms with E-state index in [9.17, 15) is 14.4 Å². The highest BCUT2D eigenvalue weighted by atomic mass is 35.5. The van der Waals surface area contributed by atoms with Gasteiger partial charge in [0, 0.05) is 24.8 Å². The molecule has 27 heavy (non-hydrogen) atoms. The number of nitrogens with zero attached hydrogens (tertiary/aromatic N) is 3. The number of carbonyl (C=O) groups is 1. The van der Waals surface area contributed by atoms with E-state index in [0.29, 0.717) is 13.0 Å². The van der Waals surface area contributed by atoms with Gasteiger partial charge in [0.15, 0.2) is 5.69 Å². The van der Waals surface area contributed by atoms with E-state index in [1.165, 1.54) is 27.8 Å². The number of aromatic nitrogens is 3. The molecule has 2 aromatic heterocycles. The monoisotopic (exact) mass is 393 g/mol. The summed E-state index contributed by atoms with van der Waals surface area (Å²) >= 11 is 5.89. The van der Waals surface area contributed by atoms with Crippen LogP contribution in [0.1, 0.15) is 49.9 Å². The fourth-order valence-electron chi connectivity index (χ4n) is 2.70. The molecule has 9 heteroatoms. The van der Waals surface area contributed by atoms with Gasteiger partial charge in [-0.25, -0.2) is 9.78 Å². The van der Waals surface area contributed by atoms with Gasteiger partial charge in [-0.2, -0.15) is 0 Å². The van der Waals surface area contributed by atoms with Gasteiger partial charge in [0.1, 0.15) is 11.0 Å². The average molecular weight is 394 g/mol. The average Bonchev–Trinajstić information content (AvgIpc) is 2.63. The van der Waals surface area contributed by atoms with Crippen LogP contribution < -0.4 is 21.9 Å². The maximum Gasteiger partial charge on any atom is 0.330 e. The third kappa shape index (κ3) is 4.77. The standard InChI is InChI=1S/C18H24ClN5O3/c1-3-5-9-23(17(26)12-7-8-21-13(19)11-12)14-15(20)24(10-6-4-2)18(27)22-16(14)25/h7-8,11H,3-6,9-10,20H2,1-2H3,(H,22,25,27). The number of carbonyl (C=O) groups excluding carboxylic acids is 1. The summed E-state index contributed by atoms with van der Waals surface area (Å²) in [7, 11) is 0. The van der Waals surface area contributed by atoms with Crippen LogP contribution in [0.4, 0.5) is 11.5 Å². The fraction of sp³-hybridized carbons (Fsp3) is 0.444. The number of nitrogen functional groups attached to an aromatic ring is 1. The number of pyridine rings is 1. The molecule has 2 heterocycles. The lowest BCUT2D eigenvalue weighted by Gasteiger charge is -2.24. The molecule has 0 aliphatic heterocycles. The first-order chi connectivity index (χ1) is 12.9. The molecule has 0 aromatic carbocycles. The van der Waals surface area contributed by atoms with Gasteiger partial charge in [0.05, 0.1) is 0 Å². The second-order valence-electron chi connectivity index (χ2n) is 6.18. The molecule has 0 atom stereocenters. The Morgan fingerprint density at radius 1 is 1.30 bits per heavy atom. The van der Waals surface area contributed by atoms with E-state index in [1.807, 2.05) is 13.8 Å². The molecule has 0 aliphatic carbocycles.